The van der Waals surface area contributed by atoms with Gasteiger partial charge in [-0.2, -0.15) is 0 Å². The summed E-state index contributed by atoms with van der Waals surface area (Å²) in [4.78, 5) is 36.3. The average Bonchev–Trinajstić information content (AvgIpc) is 3.22. The minimum absolute atomic E-state index is 0.118. The molecular formula is C19H25N3O3. The second-order valence-corrected chi connectivity index (χ2v) is 7.04. The zero-order valence-electron chi connectivity index (χ0n) is 14.5. The van der Waals surface area contributed by atoms with E-state index in [0.717, 1.165) is 38.5 Å². The van der Waals surface area contributed by atoms with Crippen LogP contribution in [0.3, 0.4) is 0 Å². The lowest BCUT2D eigenvalue weighted by Gasteiger charge is -2.23. The van der Waals surface area contributed by atoms with Crippen molar-refractivity contribution < 1.29 is 14.4 Å². The highest BCUT2D eigenvalue weighted by molar-refractivity contribution is 5.99. The Labute approximate surface area is 147 Å². The lowest BCUT2D eigenvalue weighted by molar-refractivity contribution is -0.126. The Balaban J connectivity index is 1.67. The van der Waals surface area contributed by atoms with Crippen molar-refractivity contribution in [3.8, 4) is 0 Å². The maximum atomic E-state index is 12.7. The lowest BCUT2D eigenvalue weighted by Crippen LogP contribution is -2.47. The second kappa shape index (κ2) is 7.68. The van der Waals surface area contributed by atoms with Crippen LogP contribution in [-0.2, 0) is 9.59 Å². The van der Waals surface area contributed by atoms with E-state index in [9.17, 15) is 14.4 Å². The zero-order valence-corrected chi connectivity index (χ0v) is 14.5. The Morgan fingerprint density at radius 2 is 1.80 bits per heavy atom. The van der Waals surface area contributed by atoms with E-state index >= 15 is 0 Å². The number of benzene rings is 1. The van der Waals surface area contributed by atoms with Gasteiger partial charge in [-0.15, -0.1) is 0 Å². The summed E-state index contributed by atoms with van der Waals surface area (Å²) in [5.41, 5.74) is 1.10. The molecule has 2 saturated carbocycles. The summed E-state index contributed by atoms with van der Waals surface area (Å²) in [6.07, 6.45) is 6.13. The van der Waals surface area contributed by atoms with E-state index in [2.05, 4.69) is 16.0 Å². The van der Waals surface area contributed by atoms with Gasteiger partial charge < -0.3 is 16.0 Å². The minimum atomic E-state index is -0.524. The molecule has 2 aliphatic carbocycles. The fourth-order valence-corrected chi connectivity index (χ4v) is 3.36. The molecule has 2 aliphatic rings. The normalized spacial score (nSPS) is 18.4. The molecule has 0 aliphatic heterocycles. The fraction of sp³-hybridized carbons (Fsp3) is 0.526. The van der Waals surface area contributed by atoms with Gasteiger partial charge in [-0.05, 0) is 49.8 Å². The number of hydrogen-bond donors (Lipinski definition) is 3. The van der Waals surface area contributed by atoms with E-state index in [0.29, 0.717) is 11.3 Å². The quantitative estimate of drug-likeness (QED) is 0.740. The first-order valence-electron chi connectivity index (χ1n) is 9.02. The van der Waals surface area contributed by atoms with Crippen molar-refractivity contribution in [3.63, 3.8) is 0 Å². The van der Waals surface area contributed by atoms with Gasteiger partial charge in [0, 0.05) is 24.2 Å². The molecule has 3 amide bonds. The Kier molecular flexibility index (Phi) is 5.36. The minimum Gasteiger partial charge on any atom is -0.349 e. The Bertz CT molecular complexity index is 664. The molecule has 3 rings (SSSR count). The SMILES string of the molecule is CC(=O)NC(C(=O)Nc1cccc(C(=O)NC2CC2)c1)C1CCCC1. The molecule has 0 saturated heterocycles. The molecule has 0 bridgehead atoms. The number of nitrogens with one attached hydrogen (secondary N) is 3. The van der Waals surface area contributed by atoms with Crippen molar-refractivity contribution in [1.29, 1.82) is 0 Å². The number of carbonyl (C=O) groups excluding carboxylic acids is 3. The van der Waals surface area contributed by atoms with Crippen LogP contribution in [0.25, 0.3) is 0 Å². The maximum absolute atomic E-state index is 12.7. The molecule has 0 heterocycles. The monoisotopic (exact) mass is 343 g/mol. The third kappa shape index (κ3) is 4.81. The predicted molar refractivity (Wildman–Crippen MR) is 95.1 cm³/mol. The molecule has 1 unspecified atom stereocenters. The third-order valence-corrected chi connectivity index (χ3v) is 4.82. The van der Waals surface area contributed by atoms with Crippen molar-refractivity contribution in [1.82, 2.24) is 10.6 Å². The summed E-state index contributed by atoms with van der Waals surface area (Å²) in [5, 5.41) is 8.57. The number of anilines is 1. The summed E-state index contributed by atoms with van der Waals surface area (Å²) < 4.78 is 0. The van der Waals surface area contributed by atoms with Gasteiger partial charge in [0.05, 0.1) is 0 Å². The van der Waals surface area contributed by atoms with E-state index < -0.39 is 6.04 Å². The number of carbonyl (C=O) groups is 3. The molecule has 2 fully saturated rings. The van der Waals surface area contributed by atoms with Crippen molar-refractivity contribution in [2.24, 2.45) is 5.92 Å². The van der Waals surface area contributed by atoms with Gasteiger partial charge >= 0.3 is 0 Å². The Hall–Kier alpha value is -2.37. The van der Waals surface area contributed by atoms with E-state index in [-0.39, 0.29) is 29.7 Å². The van der Waals surface area contributed by atoms with Crippen molar-refractivity contribution in [2.45, 2.75) is 57.5 Å². The largest absolute Gasteiger partial charge is 0.349 e. The van der Waals surface area contributed by atoms with Gasteiger partial charge in [-0.3, -0.25) is 14.4 Å². The molecule has 25 heavy (non-hydrogen) atoms. The van der Waals surface area contributed by atoms with Crippen LogP contribution in [-0.4, -0.2) is 29.8 Å². The highest BCUT2D eigenvalue weighted by Gasteiger charge is 2.31. The average molecular weight is 343 g/mol. The van der Waals surface area contributed by atoms with Crippen LogP contribution in [0.5, 0.6) is 0 Å². The molecule has 6 nitrogen and oxygen atoms in total. The molecule has 0 spiro atoms. The number of amides is 3. The predicted octanol–water partition coefficient (Wildman–Crippen LogP) is 2.21. The van der Waals surface area contributed by atoms with Crippen LogP contribution in [0, 0.1) is 5.92 Å². The number of rotatable bonds is 6. The van der Waals surface area contributed by atoms with Gasteiger partial charge in [-0.25, -0.2) is 0 Å². The first-order valence-corrected chi connectivity index (χ1v) is 9.02. The number of hydrogen-bond acceptors (Lipinski definition) is 3. The summed E-state index contributed by atoms with van der Waals surface area (Å²) in [7, 11) is 0. The zero-order chi connectivity index (χ0) is 17.8. The Morgan fingerprint density at radius 3 is 2.44 bits per heavy atom. The lowest BCUT2D eigenvalue weighted by atomic mass is 9.97. The van der Waals surface area contributed by atoms with Crippen molar-refractivity contribution in [3.05, 3.63) is 29.8 Å². The first-order chi connectivity index (χ1) is 12.0. The molecule has 1 atom stereocenters. The van der Waals surface area contributed by atoms with Gasteiger partial charge in [-0.1, -0.05) is 18.9 Å². The van der Waals surface area contributed by atoms with Crippen LogP contribution in [0.4, 0.5) is 5.69 Å². The smallest absolute Gasteiger partial charge is 0.251 e. The van der Waals surface area contributed by atoms with Gasteiger partial charge in [0.15, 0.2) is 0 Å². The molecule has 134 valence electrons. The summed E-state index contributed by atoms with van der Waals surface area (Å²) in [6.45, 7) is 1.43. The molecule has 1 aromatic rings. The van der Waals surface area contributed by atoms with Gasteiger partial charge in [0.2, 0.25) is 11.8 Å². The highest BCUT2D eigenvalue weighted by atomic mass is 16.2. The van der Waals surface area contributed by atoms with Gasteiger partial charge in [0.1, 0.15) is 6.04 Å². The van der Waals surface area contributed by atoms with E-state index in [1.165, 1.54) is 6.92 Å². The van der Waals surface area contributed by atoms with Crippen molar-refractivity contribution >= 4 is 23.4 Å². The molecule has 1 aromatic carbocycles. The van der Waals surface area contributed by atoms with Gasteiger partial charge in [0.25, 0.3) is 5.91 Å². The van der Waals surface area contributed by atoms with E-state index in [4.69, 9.17) is 0 Å². The van der Waals surface area contributed by atoms with Crippen LogP contribution in [0.2, 0.25) is 0 Å². The molecule has 0 radical (unpaired) electrons. The molecule has 6 heteroatoms. The standard InChI is InChI=1S/C19H25N3O3/c1-12(23)20-17(13-5-2-3-6-13)19(25)22-16-8-4-7-14(11-16)18(24)21-15-9-10-15/h4,7-8,11,13,15,17H,2-3,5-6,9-10H2,1H3,(H,20,23)(H,21,24)(H,22,25). The van der Waals surface area contributed by atoms with Crippen LogP contribution < -0.4 is 16.0 Å². The topological polar surface area (TPSA) is 87.3 Å². The third-order valence-electron chi connectivity index (χ3n) is 4.82. The summed E-state index contributed by atoms with van der Waals surface area (Å²) in [5.74, 6) is -0.371. The Morgan fingerprint density at radius 1 is 1.08 bits per heavy atom. The highest BCUT2D eigenvalue weighted by Crippen LogP contribution is 2.28. The van der Waals surface area contributed by atoms with Crippen LogP contribution >= 0.6 is 0 Å². The summed E-state index contributed by atoms with van der Waals surface area (Å²) in [6, 6.07) is 6.68. The van der Waals surface area contributed by atoms with Crippen LogP contribution in [0.1, 0.15) is 55.8 Å². The van der Waals surface area contributed by atoms with Crippen LogP contribution in [0.15, 0.2) is 24.3 Å². The maximum Gasteiger partial charge on any atom is 0.251 e. The van der Waals surface area contributed by atoms with E-state index in [1.807, 2.05) is 0 Å². The molecule has 3 N–H and O–H groups in total. The molecule has 0 aromatic heterocycles. The molecular weight excluding hydrogens is 318 g/mol. The van der Waals surface area contributed by atoms with E-state index in [1.54, 1.807) is 24.3 Å². The summed E-state index contributed by atoms with van der Waals surface area (Å²) >= 11 is 0. The second-order valence-electron chi connectivity index (χ2n) is 7.04. The first kappa shape index (κ1) is 17.5. The fourth-order valence-electron chi connectivity index (χ4n) is 3.36. The van der Waals surface area contributed by atoms with Crippen molar-refractivity contribution in [2.75, 3.05) is 5.32 Å².